The highest BCUT2D eigenvalue weighted by Gasteiger charge is 2.03. The molecule has 0 fully saturated rings. The zero-order chi connectivity index (χ0) is 12.3. The van der Waals surface area contributed by atoms with Crippen LogP contribution >= 0.6 is 12.2 Å². The van der Waals surface area contributed by atoms with Crippen LogP contribution in [-0.4, -0.2) is 9.56 Å². The SMILES string of the molecule is CCc1ccc(Cn2cccc2C(N)=S)cc1. The molecular formula is C14H16N2S. The Balaban J connectivity index is 2.19. The Morgan fingerprint density at radius 2 is 1.82 bits per heavy atom. The molecule has 0 unspecified atom stereocenters. The average molecular weight is 244 g/mol. The molecule has 0 bridgehead atoms. The molecule has 0 atom stereocenters. The van der Waals surface area contributed by atoms with E-state index < -0.39 is 0 Å². The molecule has 2 rings (SSSR count). The van der Waals surface area contributed by atoms with E-state index in [4.69, 9.17) is 18.0 Å². The molecule has 17 heavy (non-hydrogen) atoms. The first-order valence-electron chi connectivity index (χ1n) is 5.73. The average Bonchev–Trinajstić information content (AvgIpc) is 2.78. The fraction of sp³-hybridized carbons (Fsp3) is 0.214. The summed E-state index contributed by atoms with van der Waals surface area (Å²) in [4.78, 5) is 0.445. The molecule has 0 spiro atoms. The molecule has 0 aliphatic heterocycles. The maximum atomic E-state index is 5.67. The molecule has 2 aromatic rings. The highest BCUT2D eigenvalue weighted by Crippen LogP contribution is 2.10. The second-order valence-electron chi connectivity index (χ2n) is 4.06. The second-order valence-corrected chi connectivity index (χ2v) is 4.50. The van der Waals surface area contributed by atoms with E-state index in [0.717, 1.165) is 18.7 Å². The lowest BCUT2D eigenvalue weighted by atomic mass is 10.1. The summed E-state index contributed by atoms with van der Waals surface area (Å²) in [5.74, 6) is 0. The molecule has 3 heteroatoms. The monoisotopic (exact) mass is 244 g/mol. The number of hydrogen-bond acceptors (Lipinski definition) is 1. The molecule has 0 aliphatic rings. The van der Waals surface area contributed by atoms with E-state index in [1.807, 2.05) is 18.3 Å². The first-order valence-corrected chi connectivity index (χ1v) is 6.14. The molecule has 88 valence electrons. The first kappa shape index (κ1) is 11.9. The molecule has 2 nitrogen and oxygen atoms in total. The van der Waals surface area contributed by atoms with Gasteiger partial charge in [-0.05, 0) is 29.7 Å². The highest BCUT2D eigenvalue weighted by atomic mass is 32.1. The van der Waals surface area contributed by atoms with Crippen LogP contribution < -0.4 is 5.73 Å². The Labute approximate surface area is 107 Å². The van der Waals surface area contributed by atoms with Gasteiger partial charge in [-0.2, -0.15) is 0 Å². The van der Waals surface area contributed by atoms with Gasteiger partial charge in [0.15, 0.2) is 0 Å². The van der Waals surface area contributed by atoms with E-state index in [9.17, 15) is 0 Å². The van der Waals surface area contributed by atoms with E-state index in [1.165, 1.54) is 11.1 Å². The molecule has 0 aliphatic carbocycles. The van der Waals surface area contributed by atoms with Crippen LogP contribution in [0, 0.1) is 0 Å². The smallest absolute Gasteiger partial charge is 0.120 e. The highest BCUT2D eigenvalue weighted by molar-refractivity contribution is 7.80. The van der Waals surface area contributed by atoms with Crippen LogP contribution in [0.15, 0.2) is 42.6 Å². The van der Waals surface area contributed by atoms with Crippen molar-refractivity contribution < 1.29 is 0 Å². The third-order valence-electron chi connectivity index (χ3n) is 2.87. The lowest BCUT2D eigenvalue weighted by Gasteiger charge is -2.08. The van der Waals surface area contributed by atoms with Crippen molar-refractivity contribution in [1.29, 1.82) is 0 Å². The molecule has 0 saturated heterocycles. The van der Waals surface area contributed by atoms with E-state index in [-0.39, 0.29) is 0 Å². The predicted molar refractivity (Wildman–Crippen MR) is 75.2 cm³/mol. The summed E-state index contributed by atoms with van der Waals surface area (Å²) in [7, 11) is 0. The number of benzene rings is 1. The van der Waals surface area contributed by atoms with Gasteiger partial charge in [0.05, 0.1) is 5.69 Å². The minimum atomic E-state index is 0.445. The summed E-state index contributed by atoms with van der Waals surface area (Å²) in [6, 6.07) is 12.6. The standard InChI is InChI=1S/C14H16N2S/c1-2-11-5-7-12(8-6-11)10-16-9-3-4-13(16)14(15)17/h3-9H,2,10H2,1H3,(H2,15,17). The predicted octanol–water partition coefficient (Wildman–Crippen LogP) is 2.73. The van der Waals surface area contributed by atoms with Crippen molar-refractivity contribution in [1.82, 2.24) is 4.57 Å². The zero-order valence-corrected chi connectivity index (χ0v) is 10.7. The number of aryl methyl sites for hydroxylation is 1. The van der Waals surface area contributed by atoms with Crippen LogP contribution in [0.25, 0.3) is 0 Å². The van der Waals surface area contributed by atoms with Crippen LogP contribution in [-0.2, 0) is 13.0 Å². The van der Waals surface area contributed by atoms with Gasteiger partial charge < -0.3 is 10.3 Å². The summed E-state index contributed by atoms with van der Waals surface area (Å²) in [6.45, 7) is 2.97. The Morgan fingerprint density at radius 1 is 1.18 bits per heavy atom. The minimum Gasteiger partial charge on any atom is -0.388 e. The van der Waals surface area contributed by atoms with Crippen molar-refractivity contribution in [2.24, 2.45) is 5.73 Å². The number of aromatic nitrogens is 1. The van der Waals surface area contributed by atoms with E-state index >= 15 is 0 Å². The quantitative estimate of drug-likeness (QED) is 0.838. The largest absolute Gasteiger partial charge is 0.388 e. The first-order chi connectivity index (χ1) is 8.20. The summed E-state index contributed by atoms with van der Waals surface area (Å²) in [5, 5.41) is 0. The maximum absolute atomic E-state index is 5.67. The van der Waals surface area contributed by atoms with Crippen LogP contribution in [0.2, 0.25) is 0 Å². The third kappa shape index (κ3) is 2.74. The number of nitrogens with two attached hydrogens (primary N) is 1. The van der Waals surface area contributed by atoms with Crippen molar-refractivity contribution in [2.75, 3.05) is 0 Å². The lowest BCUT2D eigenvalue weighted by molar-refractivity contribution is 0.798. The summed E-state index contributed by atoms with van der Waals surface area (Å²) in [6.07, 6.45) is 3.07. The molecular weight excluding hydrogens is 228 g/mol. The van der Waals surface area contributed by atoms with Gasteiger partial charge >= 0.3 is 0 Å². The molecule has 1 aromatic heterocycles. The lowest BCUT2D eigenvalue weighted by Crippen LogP contribution is -2.15. The van der Waals surface area contributed by atoms with E-state index in [0.29, 0.717) is 4.99 Å². The Morgan fingerprint density at radius 3 is 2.41 bits per heavy atom. The van der Waals surface area contributed by atoms with Crippen molar-refractivity contribution in [2.45, 2.75) is 19.9 Å². The van der Waals surface area contributed by atoms with Crippen molar-refractivity contribution in [3.05, 3.63) is 59.4 Å². The summed E-state index contributed by atoms with van der Waals surface area (Å²) >= 11 is 5.02. The van der Waals surface area contributed by atoms with E-state index in [2.05, 4.69) is 35.8 Å². The Kier molecular flexibility index (Phi) is 3.59. The van der Waals surface area contributed by atoms with Gasteiger partial charge in [-0.15, -0.1) is 0 Å². The van der Waals surface area contributed by atoms with Gasteiger partial charge in [-0.1, -0.05) is 43.4 Å². The summed E-state index contributed by atoms with van der Waals surface area (Å²) in [5.41, 5.74) is 9.20. The van der Waals surface area contributed by atoms with Gasteiger partial charge in [0.1, 0.15) is 4.99 Å². The van der Waals surface area contributed by atoms with Gasteiger partial charge in [-0.3, -0.25) is 0 Å². The maximum Gasteiger partial charge on any atom is 0.120 e. The fourth-order valence-corrected chi connectivity index (χ4v) is 2.04. The molecule has 1 aromatic carbocycles. The van der Waals surface area contributed by atoms with Gasteiger partial charge in [0, 0.05) is 12.7 Å². The molecule has 0 amide bonds. The molecule has 0 saturated carbocycles. The van der Waals surface area contributed by atoms with Gasteiger partial charge in [0.2, 0.25) is 0 Å². The third-order valence-corrected chi connectivity index (χ3v) is 3.08. The molecule has 1 heterocycles. The van der Waals surface area contributed by atoms with Crippen LogP contribution in [0.1, 0.15) is 23.7 Å². The van der Waals surface area contributed by atoms with E-state index in [1.54, 1.807) is 0 Å². The van der Waals surface area contributed by atoms with Crippen LogP contribution in [0.3, 0.4) is 0 Å². The minimum absolute atomic E-state index is 0.445. The van der Waals surface area contributed by atoms with Gasteiger partial charge in [0.25, 0.3) is 0 Å². The Hall–Kier alpha value is -1.61. The van der Waals surface area contributed by atoms with Gasteiger partial charge in [-0.25, -0.2) is 0 Å². The number of hydrogen-bond donors (Lipinski definition) is 1. The van der Waals surface area contributed by atoms with Crippen molar-refractivity contribution >= 4 is 17.2 Å². The second kappa shape index (κ2) is 5.15. The van der Waals surface area contributed by atoms with Crippen LogP contribution in [0.4, 0.5) is 0 Å². The molecule has 0 radical (unpaired) electrons. The van der Waals surface area contributed by atoms with Crippen molar-refractivity contribution in [3.8, 4) is 0 Å². The molecule has 2 N–H and O–H groups in total. The number of thiocarbonyl (C=S) groups is 1. The summed E-state index contributed by atoms with van der Waals surface area (Å²) < 4.78 is 2.07. The van der Waals surface area contributed by atoms with Crippen molar-refractivity contribution in [3.63, 3.8) is 0 Å². The van der Waals surface area contributed by atoms with Crippen LogP contribution in [0.5, 0.6) is 0 Å². The normalized spacial score (nSPS) is 10.4. The zero-order valence-electron chi connectivity index (χ0n) is 9.89. The number of rotatable bonds is 4. The number of nitrogens with zero attached hydrogens (tertiary/aromatic N) is 1. The topological polar surface area (TPSA) is 30.9 Å². The Bertz CT molecular complexity index is 511. The fourth-order valence-electron chi connectivity index (χ4n) is 1.85.